The van der Waals surface area contributed by atoms with E-state index in [0.717, 1.165) is 23.7 Å². The van der Waals surface area contributed by atoms with Crippen molar-refractivity contribution in [3.63, 3.8) is 0 Å². The lowest BCUT2D eigenvalue weighted by Gasteiger charge is -2.11. The summed E-state index contributed by atoms with van der Waals surface area (Å²) in [6.45, 7) is 5.14. The number of benzene rings is 1. The molecule has 0 radical (unpaired) electrons. The Balaban J connectivity index is 2.13. The third kappa shape index (κ3) is 2.38. The number of hydrogen-bond donors (Lipinski definition) is 1. The van der Waals surface area contributed by atoms with Crippen molar-refractivity contribution >= 4 is 5.69 Å². The van der Waals surface area contributed by atoms with Gasteiger partial charge in [0.05, 0.1) is 5.69 Å². The third-order valence-electron chi connectivity index (χ3n) is 2.58. The highest BCUT2D eigenvalue weighted by atomic mass is 16.5. The second-order valence-corrected chi connectivity index (χ2v) is 3.77. The molecule has 2 aromatic rings. The SMILES string of the molecule is CCn1ncnc1COc1c(C)cccc1N. The van der Waals surface area contributed by atoms with Gasteiger partial charge in [-0.2, -0.15) is 5.10 Å². The van der Waals surface area contributed by atoms with E-state index < -0.39 is 0 Å². The van der Waals surface area contributed by atoms with Gasteiger partial charge in [-0.25, -0.2) is 9.67 Å². The van der Waals surface area contributed by atoms with E-state index in [-0.39, 0.29) is 0 Å². The van der Waals surface area contributed by atoms with Crippen molar-refractivity contribution in [2.75, 3.05) is 5.73 Å². The largest absolute Gasteiger partial charge is 0.483 e. The number of ether oxygens (including phenoxy) is 1. The average Bonchev–Trinajstić information content (AvgIpc) is 2.76. The van der Waals surface area contributed by atoms with E-state index in [0.29, 0.717) is 12.3 Å². The van der Waals surface area contributed by atoms with E-state index in [2.05, 4.69) is 10.1 Å². The number of hydrogen-bond acceptors (Lipinski definition) is 4. The van der Waals surface area contributed by atoms with Crippen molar-refractivity contribution in [3.8, 4) is 5.75 Å². The molecule has 0 aliphatic heterocycles. The Morgan fingerprint density at radius 2 is 2.24 bits per heavy atom. The van der Waals surface area contributed by atoms with Crippen LogP contribution in [-0.4, -0.2) is 14.8 Å². The second-order valence-electron chi connectivity index (χ2n) is 3.77. The van der Waals surface area contributed by atoms with Crippen LogP contribution in [0.25, 0.3) is 0 Å². The second kappa shape index (κ2) is 4.86. The molecule has 0 aliphatic carbocycles. The van der Waals surface area contributed by atoms with E-state index >= 15 is 0 Å². The van der Waals surface area contributed by atoms with E-state index in [9.17, 15) is 0 Å². The molecule has 0 saturated carbocycles. The summed E-state index contributed by atoms with van der Waals surface area (Å²) in [4.78, 5) is 4.15. The Morgan fingerprint density at radius 1 is 1.41 bits per heavy atom. The first-order chi connectivity index (χ1) is 8.22. The van der Waals surface area contributed by atoms with Gasteiger partial charge in [0.25, 0.3) is 0 Å². The first kappa shape index (κ1) is 11.4. The molecule has 0 atom stereocenters. The predicted molar refractivity (Wildman–Crippen MR) is 65.6 cm³/mol. The molecule has 0 spiro atoms. The number of aromatic nitrogens is 3. The lowest BCUT2D eigenvalue weighted by Crippen LogP contribution is -2.08. The van der Waals surface area contributed by atoms with Crippen LogP contribution in [-0.2, 0) is 13.2 Å². The lowest BCUT2D eigenvalue weighted by molar-refractivity contribution is 0.287. The highest BCUT2D eigenvalue weighted by molar-refractivity contribution is 5.56. The fourth-order valence-corrected chi connectivity index (χ4v) is 1.67. The first-order valence-electron chi connectivity index (χ1n) is 5.57. The quantitative estimate of drug-likeness (QED) is 0.816. The highest BCUT2D eigenvalue weighted by Crippen LogP contribution is 2.25. The number of nitrogens with two attached hydrogens (primary N) is 1. The summed E-state index contributed by atoms with van der Waals surface area (Å²) in [5.41, 5.74) is 7.53. The van der Waals surface area contributed by atoms with Crippen molar-refractivity contribution < 1.29 is 4.74 Å². The van der Waals surface area contributed by atoms with Crippen molar-refractivity contribution in [1.82, 2.24) is 14.8 Å². The number of aryl methyl sites for hydroxylation is 2. The molecule has 0 saturated heterocycles. The Kier molecular flexibility index (Phi) is 3.27. The molecule has 5 nitrogen and oxygen atoms in total. The van der Waals surface area contributed by atoms with Gasteiger partial charge in [-0.1, -0.05) is 12.1 Å². The van der Waals surface area contributed by atoms with Crippen LogP contribution in [0.2, 0.25) is 0 Å². The van der Waals surface area contributed by atoms with Gasteiger partial charge < -0.3 is 10.5 Å². The van der Waals surface area contributed by atoms with Gasteiger partial charge in [0.2, 0.25) is 0 Å². The molecule has 90 valence electrons. The van der Waals surface area contributed by atoms with Gasteiger partial charge in [-0.05, 0) is 25.5 Å². The van der Waals surface area contributed by atoms with Gasteiger partial charge in [0.15, 0.2) is 5.82 Å². The molecule has 2 rings (SSSR count). The molecule has 0 bridgehead atoms. The number of para-hydroxylation sites is 1. The fourth-order valence-electron chi connectivity index (χ4n) is 1.67. The van der Waals surface area contributed by atoms with E-state index in [1.807, 2.05) is 32.0 Å². The van der Waals surface area contributed by atoms with Crippen LogP contribution >= 0.6 is 0 Å². The molecule has 17 heavy (non-hydrogen) atoms. The third-order valence-corrected chi connectivity index (χ3v) is 2.58. The zero-order chi connectivity index (χ0) is 12.3. The van der Waals surface area contributed by atoms with Crippen molar-refractivity contribution in [1.29, 1.82) is 0 Å². The smallest absolute Gasteiger partial charge is 0.164 e. The molecule has 0 unspecified atom stereocenters. The number of nitrogens with zero attached hydrogens (tertiary/aromatic N) is 3. The summed E-state index contributed by atoms with van der Waals surface area (Å²) >= 11 is 0. The summed E-state index contributed by atoms with van der Waals surface area (Å²) in [5.74, 6) is 1.52. The molecule has 1 aromatic heterocycles. The minimum absolute atomic E-state index is 0.378. The summed E-state index contributed by atoms with van der Waals surface area (Å²) < 4.78 is 7.51. The van der Waals surface area contributed by atoms with Crippen LogP contribution in [0.1, 0.15) is 18.3 Å². The first-order valence-corrected chi connectivity index (χ1v) is 5.57. The number of rotatable bonds is 4. The maximum Gasteiger partial charge on any atom is 0.164 e. The summed E-state index contributed by atoms with van der Waals surface area (Å²) in [6, 6.07) is 5.70. The van der Waals surface area contributed by atoms with Crippen molar-refractivity contribution in [2.24, 2.45) is 0 Å². The maximum absolute atomic E-state index is 5.86. The normalized spacial score (nSPS) is 10.5. The van der Waals surface area contributed by atoms with E-state index in [1.54, 1.807) is 4.68 Å². The van der Waals surface area contributed by atoms with Crippen LogP contribution in [0.15, 0.2) is 24.5 Å². The van der Waals surface area contributed by atoms with Gasteiger partial charge >= 0.3 is 0 Å². The van der Waals surface area contributed by atoms with Crippen LogP contribution in [0.4, 0.5) is 5.69 Å². The zero-order valence-electron chi connectivity index (χ0n) is 10.1. The molecular formula is C12H16N4O. The zero-order valence-corrected chi connectivity index (χ0v) is 10.1. The molecule has 2 N–H and O–H groups in total. The van der Waals surface area contributed by atoms with Gasteiger partial charge in [-0.15, -0.1) is 0 Å². The van der Waals surface area contributed by atoms with Gasteiger partial charge in [-0.3, -0.25) is 0 Å². The Labute approximate surface area is 100 Å². The Bertz CT molecular complexity index is 487. The minimum atomic E-state index is 0.378. The Hall–Kier alpha value is -2.04. The molecule has 0 fully saturated rings. The van der Waals surface area contributed by atoms with Gasteiger partial charge in [0.1, 0.15) is 18.7 Å². The topological polar surface area (TPSA) is 66.0 Å². The molecular weight excluding hydrogens is 216 g/mol. The van der Waals surface area contributed by atoms with Crippen LogP contribution in [0, 0.1) is 6.92 Å². The summed E-state index contributed by atoms with van der Waals surface area (Å²) in [5, 5.41) is 4.09. The average molecular weight is 232 g/mol. The van der Waals surface area contributed by atoms with E-state index in [4.69, 9.17) is 10.5 Å². The monoisotopic (exact) mass is 232 g/mol. The number of anilines is 1. The molecule has 1 aromatic carbocycles. The van der Waals surface area contributed by atoms with Crippen molar-refractivity contribution in [3.05, 3.63) is 35.9 Å². The fraction of sp³-hybridized carbons (Fsp3) is 0.333. The maximum atomic E-state index is 5.86. The minimum Gasteiger partial charge on any atom is -0.483 e. The summed E-state index contributed by atoms with van der Waals surface area (Å²) in [7, 11) is 0. The highest BCUT2D eigenvalue weighted by Gasteiger charge is 2.07. The van der Waals surface area contributed by atoms with Crippen LogP contribution in [0.3, 0.4) is 0 Å². The Morgan fingerprint density at radius 3 is 2.94 bits per heavy atom. The molecule has 0 amide bonds. The lowest BCUT2D eigenvalue weighted by atomic mass is 10.2. The molecule has 0 aliphatic rings. The summed E-state index contributed by atoms with van der Waals surface area (Å²) in [6.07, 6.45) is 1.53. The van der Waals surface area contributed by atoms with Crippen molar-refractivity contribution in [2.45, 2.75) is 27.0 Å². The standard InChI is InChI=1S/C12H16N4O/c1-3-16-11(14-8-15-16)7-17-12-9(2)5-4-6-10(12)13/h4-6,8H,3,7,13H2,1-2H3. The molecule has 5 heteroatoms. The predicted octanol–water partition coefficient (Wildman–Crippen LogP) is 1.77. The molecule has 1 heterocycles. The van der Waals surface area contributed by atoms with Gasteiger partial charge in [0, 0.05) is 6.54 Å². The number of nitrogen functional groups attached to an aromatic ring is 1. The van der Waals surface area contributed by atoms with Crippen LogP contribution in [0.5, 0.6) is 5.75 Å². The van der Waals surface area contributed by atoms with E-state index in [1.165, 1.54) is 6.33 Å². The van der Waals surface area contributed by atoms with Crippen LogP contribution < -0.4 is 10.5 Å².